The van der Waals surface area contributed by atoms with Crippen LogP contribution in [0.5, 0.6) is 5.75 Å². The van der Waals surface area contributed by atoms with Crippen molar-refractivity contribution in [2.75, 3.05) is 6.61 Å². The largest absolute Gasteiger partial charge is 0.491 e. The molecule has 0 spiro atoms. The van der Waals surface area contributed by atoms with Crippen LogP contribution in [0.4, 0.5) is 8.78 Å². The van der Waals surface area contributed by atoms with Crippen LogP contribution in [-0.2, 0) is 4.12 Å². The molecule has 0 amide bonds. The van der Waals surface area contributed by atoms with Gasteiger partial charge >= 0.3 is 0 Å². The van der Waals surface area contributed by atoms with Crippen molar-refractivity contribution in [2.45, 2.75) is 130 Å². The van der Waals surface area contributed by atoms with Gasteiger partial charge in [0.15, 0.2) is 28.2 Å². The van der Waals surface area contributed by atoms with Gasteiger partial charge < -0.3 is 8.85 Å². The molecule has 0 radical (unpaired) electrons. The molecule has 0 bridgehead atoms. The summed E-state index contributed by atoms with van der Waals surface area (Å²) >= 11 is 0. The number of halogens is 2. The second-order valence-electron chi connectivity index (χ2n) is 13.8. The van der Waals surface area contributed by atoms with Crippen LogP contribution in [-0.4, -0.2) is 23.2 Å². The Labute approximate surface area is 240 Å². The summed E-state index contributed by atoms with van der Waals surface area (Å²) in [4.78, 5) is 0. The molecule has 3 rings (SSSR count). The topological polar surface area (TPSA) is 18.5 Å². The molecule has 6 heteroatoms. The fourth-order valence-corrected chi connectivity index (χ4v) is 15.4. The predicted molar refractivity (Wildman–Crippen MR) is 167 cm³/mol. The highest BCUT2D eigenvalue weighted by molar-refractivity contribution is 6.84. The van der Waals surface area contributed by atoms with E-state index in [1.165, 1.54) is 51.4 Å². The van der Waals surface area contributed by atoms with Gasteiger partial charge in [-0.1, -0.05) is 65.4 Å². The molecule has 2 aliphatic carbocycles. The van der Waals surface area contributed by atoms with E-state index in [0.717, 1.165) is 54.7 Å². The summed E-state index contributed by atoms with van der Waals surface area (Å²) in [5, 5.41) is 0. The smallest absolute Gasteiger partial charge is 0.201 e. The summed E-state index contributed by atoms with van der Waals surface area (Å²) in [7, 11) is -3.71. The molecular formula is C33H56F2O2Si2. The van der Waals surface area contributed by atoms with E-state index in [2.05, 4.69) is 53.0 Å². The zero-order valence-corrected chi connectivity index (χ0v) is 28.0. The molecular weight excluding hydrogens is 523 g/mol. The Morgan fingerprint density at radius 3 is 2.21 bits per heavy atom. The number of rotatable bonds is 14. The molecule has 2 nitrogen and oxygen atoms in total. The minimum Gasteiger partial charge on any atom is -0.491 e. The second-order valence-corrected chi connectivity index (χ2v) is 22.7. The van der Waals surface area contributed by atoms with Crippen LogP contribution in [0.25, 0.3) is 5.57 Å². The van der Waals surface area contributed by atoms with Crippen LogP contribution in [0.3, 0.4) is 0 Å². The molecule has 1 saturated carbocycles. The molecule has 1 aromatic carbocycles. The fraction of sp³-hybridized carbons (Fsp3) is 0.758. The van der Waals surface area contributed by atoms with E-state index in [4.69, 9.17) is 8.85 Å². The molecule has 0 saturated heterocycles. The lowest BCUT2D eigenvalue weighted by Crippen LogP contribution is -2.45. The predicted octanol–water partition coefficient (Wildman–Crippen LogP) is 11.0. The third-order valence-corrected chi connectivity index (χ3v) is 16.9. The summed E-state index contributed by atoms with van der Waals surface area (Å²) in [6, 6.07) is 5.27. The highest BCUT2D eigenvalue weighted by atomic mass is 28.4. The van der Waals surface area contributed by atoms with Gasteiger partial charge in [0.1, 0.15) is 0 Å². The van der Waals surface area contributed by atoms with E-state index >= 15 is 8.78 Å². The Morgan fingerprint density at radius 2 is 1.59 bits per heavy atom. The minimum absolute atomic E-state index is 0.0208. The highest BCUT2D eigenvalue weighted by Gasteiger charge is 2.33. The highest BCUT2D eigenvalue weighted by Crippen LogP contribution is 2.43. The molecule has 222 valence electrons. The van der Waals surface area contributed by atoms with Gasteiger partial charge in [0.05, 0.1) is 6.61 Å². The van der Waals surface area contributed by atoms with Crippen molar-refractivity contribution in [3.8, 4) is 5.75 Å². The van der Waals surface area contributed by atoms with Crippen LogP contribution in [0.1, 0.15) is 97.0 Å². The van der Waals surface area contributed by atoms with Crippen LogP contribution < -0.4 is 4.74 Å². The van der Waals surface area contributed by atoms with Crippen molar-refractivity contribution in [1.82, 2.24) is 0 Å². The number of allylic oxidation sites excluding steroid dienone is 2. The van der Waals surface area contributed by atoms with Crippen molar-refractivity contribution >= 4 is 22.2 Å². The first-order valence-corrected chi connectivity index (χ1v) is 22.2. The minimum atomic E-state index is -1.96. The van der Waals surface area contributed by atoms with Crippen molar-refractivity contribution in [2.24, 2.45) is 23.7 Å². The molecule has 0 heterocycles. The number of benzene rings is 1. The quantitative estimate of drug-likeness (QED) is 0.204. The molecule has 0 aromatic heterocycles. The summed E-state index contributed by atoms with van der Waals surface area (Å²) in [6.45, 7) is 16.2. The van der Waals surface area contributed by atoms with E-state index in [9.17, 15) is 0 Å². The second kappa shape index (κ2) is 14.8. The Kier molecular flexibility index (Phi) is 12.3. The first kappa shape index (κ1) is 32.5. The van der Waals surface area contributed by atoms with Gasteiger partial charge in [-0.15, -0.1) is 0 Å². The molecule has 39 heavy (non-hydrogen) atoms. The van der Waals surface area contributed by atoms with E-state index < -0.39 is 28.3 Å². The van der Waals surface area contributed by atoms with E-state index in [1.54, 1.807) is 12.1 Å². The van der Waals surface area contributed by atoms with Crippen molar-refractivity contribution in [3.05, 3.63) is 35.4 Å². The maximum atomic E-state index is 15.2. The standard InChI is InChI=1S/C33H56F2O2Si2/c1-8-10-26-11-13-27(14-12-26)28-15-17-29(18-16-28)30-19-20-31(33(35)32(30)34)36-22-24-39(6,7)37-38(4,5)23-21-25(3)9-2/h17,19-20,25-28H,8-16,18,21-24H2,1-7H3. The maximum Gasteiger partial charge on any atom is 0.201 e. The first-order chi connectivity index (χ1) is 18.4. The Bertz CT molecular complexity index is 938. The summed E-state index contributed by atoms with van der Waals surface area (Å²) < 4.78 is 42.7. The average Bonchev–Trinajstić information content (AvgIpc) is 2.90. The third kappa shape index (κ3) is 9.81. The lowest BCUT2D eigenvalue weighted by molar-refractivity contribution is 0.189. The van der Waals surface area contributed by atoms with Gasteiger partial charge in [-0.2, -0.15) is 4.39 Å². The SMILES string of the molecule is CCCC1CCC(C2CC=C(c3ccc(OCC[Si](C)(C)O[Si](C)(C)CCC(C)CC)c(F)c3F)CC2)CC1. The lowest BCUT2D eigenvalue weighted by Gasteiger charge is -2.35. The maximum absolute atomic E-state index is 15.2. The van der Waals surface area contributed by atoms with Crippen molar-refractivity contribution < 1.29 is 17.6 Å². The zero-order chi connectivity index (χ0) is 28.6. The first-order valence-electron chi connectivity index (χ1n) is 15.9. The van der Waals surface area contributed by atoms with Gasteiger partial charge in [-0.25, -0.2) is 4.39 Å². The molecule has 2 atom stereocenters. The molecule has 0 N–H and O–H groups in total. The zero-order valence-electron chi connectivity index (χ0n) is 26.0. The van der Waals surface area contributed by atoms with Crippen LogP contribution >= 0.6 is 0 Å². The Balaban J connectivity index is 1.51. The fourth-order valence-electron chi connectivity index (χ4n) is 6.83. The Hall–Kier alpha value is -0.986. The van der Waals surface area contributed by atoms with Crippen LogP contribution in [0, 0.1) is 35.3 Å². The van der Waals surface area contributed by atoms with Crippen LogP contribution in [0.2, 0.25) is 38.3 Å². The Morgan fingerprint density at radius 1 is 0.897 bits per heavy atom. The van der Waals surface area contributed by atoms with Crippen molar-refractivity contribution in [3.63, 3.8) is 0 Å². The molecule has 2 unspecified atom stereocenters. The van der Waals surface area contributed by atoms with E-state index in [-0.39, 0.29) is 5.75 Å². The van der Waals surface area contributed by atoms with Gasteiger partial charge in [-0.05, 0) is 112 Å². The summed E-state index contributed by atoms with van der Waals surface area (Å²) in [5.41, 5.74) is 1.37. The monoisotopic (exact) mass is 578 g/mol. The molecule has 0 aliphatic heterocycles. The van der Waals surface area contributed by atoms with Gasteiger partial charge in [-0.3, -0.25) is 0 Å². The van der Waals surface area contributed by atoms with Crippen LogP contribution in [0.15, 0.2) is 18.2 Å². The number of hydrogen-bond donors (Lipinski definition) is 0. The lowest BCUT2D eigenvalue weighted by atomic mass is 9.70. The number of hydrogen-bond acceptors (Lipinski definition) is 2. The molecule has 1 aromatic rings. The number of ether oxygens (including phenoxy) is 1. The summed E-state index contributed by atoms with van der Waals surface area (Å²) in [5.74, 6) is 1.57. The third-order valence-electron chi connectivity index (χ3n) is 9.55. The normalized spacial score (nSPS) is 23.4. The molecule has 2 aliphatic rings. The van der Waals surface area contributed by atoms with Crippen molar-refractivity contribution in [1.29, 1.82) is 0 Å². The van der Waals surface area contributed by atoms with Gasteiger partial charge in [0.25, 0.3) is 0 Å². The van der Waals surface area contributed by atoms with E-state index in [0.29, 0.717) is 18.1 Å². The summed E-state index contributed by atoms with van der Waals surface area (Å²) in [6.07, 6.45) is 15.6. The average molecular weight is 579 g/mol. The van der Waals surface area contributed by atoms with Gasteiger partial charge in [0, 0.05) is 5.56 Å². The van der Waals surface area contributed by atoms with E-state index in [1.807, 2.05) is 0 Å². The molecule has 1 fully saturated rings. The van der Waals surface area contributed by atoms with Gasteiger partial charge in [0.2, 0.25) is 5.82 Å².